The maximum atomic E-state index is 13.3. The van der Waals surface area contributed by atoms with Gasteiger partial charge >= 0.3 is 0 Å². The van der Waals surface area contributed by atoms with Crippen molar-refractivity contribution < 1.29 is 9.53 Å². The van der Waals surface area contributed by atoms with Gasteiger partial charge in [-0.2, -0.15) is 15.0 Å². The summed E-state index contributed by atoms with van der Waals surface area (Å²) in [5.41, 5.74) is 3.32. The molecule has 0 atom stereocenters. The molecule has 1 amide bonds. The number of nitrogens with zero attached hydrogens (tertiary/aromatic N) is 5. The van der Waals surface area contributed by atoms with Gasteiger partial charge < -0.3 is 19.9 Å². The number of H-pyrrole nitrogens is 1. The Kier molecular flexibility index (Phi) is 4.95. The van der Waals surface area contributed by atoms with Crippen LogP contribution in [0.4, 0.5) is 5.95 Å². The van der Waals surface area contributed by atoms with Crippen LogP contribution in [0, 0.1) is 0 Å². The van der Waals surface area contributed by atoms with Crippen molar-refractivity contribution in [3.05, 3.63) is 66.5 Å². The van der Waals surface area contributed by atoms with Crippen LogP contribution in [-0.4, -0.2) is 62.8 Å². The summed E-state index contributed by atoms with van der Waals surface area (Å²) in [7, 11) is 0. The summed E-state index contributed by atoms with van der Waals surface area (Å²) in [6, 6.07) is 18.2. The lowest BCUT2D eigenvalue weighted by Gasteiger charge is -2.27. The number of ether oxygens (including phenoxy) is 1. The van der Waals surface area contributed by atoms with Crippen molar-refractivity contribution in [1.82, 2.24) is 29.8 Å². The third kappa shape index (κ3) is 3.68. The quantitative estimate of drug-likeness (QED) is 0.399. The van der Waals surface area contributed by atoms with Crippen LogP contribution < -0.4 is 10.2 Å². The smallest absolute Gasteiger partial charge is 0.268 e. The molecule has 0 bridgehead atoms. The summed E-state index contributed by atoms with van der Waals surface area (Å²) in [6.45, 7) is 2.62. The van der Waals surface area contributed by atoms with E-state index in [-0.39, 0.29) is 11.9 Å². The molecular weight excluding hydrogens is 454 g/mol. The molecule has 1 saturated heterocycles. The van der Waals surface area contributed by atoms with Crippen LogP contribution >= 0.6 is 0 Å². The van der Waals surface area contributed by atoms with E-state index in [1.54, 1.807) is 0 Å². The lowest BCUT2D eigenvalue weighted by Crippen LogP contribution is -2.37. The van der Waals surface area contributed by atoms with Crippen LogP contribution in [0.1, 0.15) is 23.3 Å². The Morgan fingerprint density at radius 2 is 1.81 bits per heavy atom. The van der Waals surface area contributed by atoms with E-state index in [0.717, 1.165) is 40.2 Å². The molecule has 9 nitrogen and oxygen atoms in total. The van der Waals surface area contributed by atoms with Crippen LogP contribution in [0.25, 0.3) is 39.1 Å². The molecule has 0 unspecified atom stereocenters. The molecule has 1 aliphatic carbocycles. The largest absolute Gasteiger partial charge is 0.378 e. The molecule has 5 aromatic rings. The van der Waals surface area contributed by atoms with Crippen molar-refractivity contribution in [3.63, 3.8) is 0 Å². The van der Waals surface area contributed by atoms with Gasteiger partial charge in [0.1, 0.15) is 5.69 Å². The molecule has 2 aliphatic rings. The van der Waals surface area contributed by atoms with Crippen molar-refractivity contribution in [2.45, 2.75) is 18.9 Å². The molecule has 2 fully saturated rings. The molecule has 3 aromatic heterocycles. The minimum atomic E-state index is -0.115. The first-order chi connectivity index (χ1) is 17.7. The zero-order chi connectivity index (χ0) is 24.1. The molecule has 1 aliphatic heterocycles. The highest BCUT2D eigenvalue weighted by molar-refractivity contribution is 6.00. The fourth-order valence-corrected chi connectivity index (χ4v) is 4.78. The van der Waals surface area contributed by atoms with Gasteiger partial charge in [0, 0.05) is 47.2 Å². The van der Waals surface area contributed by atoms with Gasteiger partial charge in [0.05, 0.1) is 18.7 Å². The molecule has 4 heterocycles. The van der Waals surface area contributed by atoms with Crippen molar-refractivity contribution in [2.75, 3.05) is 31.2 Å². The number of para-hydroxylation sites is 1. The van der Waals surface area contributed by atoms with Gasteiger partial charge in [-0.15, -0.1) is 0 Å². The van der Waals surface area contributed by atoms with Crippen LogP contribution in [0.15, 0.2) is 60.8 Å². The Hall–Kier alpha value is -4.24. The molecule has 36 heavy (non-hydrogen) atoms. The van der Waals surface area contributed by atoms with Crippen molar-refractivity contribution in [1.29, 1.82) is 0 Å². The minimum absolute atomic E-state index is 0.115. The molecule has 9 heteroatoms. The highest BCUT2D eigenvalue weighted by atomic mass is 16.5. The van der Waals surface area contributed by atoms with E-state index < -0.39 is 0 Å². The van der Waals surface area contributed by atoms with Gasteiger partial charge in [0.25, 0.3) is 5.91 Å². The predicted molar refractivity (Wildman–Crippen MR) is 137 cm³/mol. The summed E-state index contributed by atoms with van der Waals surface area (Å²) in [5, 5.41) is 5.12. The van der Waals surface area contributed by atoms with Crippen molar-refractivity contribution in [3.8, 4) is 17.3 Å². The Bertz CT molecular complexity index is 1590. The zero-order valence-corrected chi connectivity index (χ0v) is 19.6. The van der Waals surface area contributed by atoms with Crippen molar-refractivity contribution in [2.24, 2.45) is 0 Å². The van der Waals surface area contributed by atoms with Gasteiger partial charge in [0.15, 0.2) is 5.82 Å². The van der Waals surface area contributed by atoms with E-state index in [1.807, 2.05) is 65.4 Å². The predicted octanol–water partition coefficient (Wildman–Crippen LogP) is 3.69. The number of carbonyl (C=O) groups is 1. The fourth-order valence-electron chi connectivity index (χ4n) is 4.78. The Labute approximate surface area is 207 Å². The molecule has 0 radical (unpaired) electrons. The number of fused-ring (bicyclic) bond motifs is 2. The number of aromatic nitrogens is 5. The van der Waals surface area contributed by atoms with E-state index >= 15 is 0 Å². The third-order valence-electron chi connectivity index (χ3n) is 6.80. The van der Waals surface area contributed by atoms with Crippen molar-refractivity contribution >= 4 is 33.7 Å². The minimum Gasteiger partial charge on any atom is -0.378 e. The number of nitrogens with one attached hydrogen (secondary N) is 2. The Morgan fingerprint density at radius 1 is 0.972 bits per heavy atom. The number of anilines is 1. The highest BCUT2D eigenvalue weighted by Crippen LogP contribution is 2.30. The number of rotatable bonds is 5. The standard InChI is InChI=1S/C27H25N7O2/c35-25(29-18-8-9-18)23-16-17-4-1-2-7-22(17)34(23)27-31-24(20-5-3-6-21-19(20)10-11-28-21)30-26(32-27)33-12-14-36-15-13-33/h1-7,10-11,16,18,28H,8-9,12-15H2,(H,29,35). The van der Waals surface area contributed by atoms with Crippen LogP contribution in [0.3, 0.4) is 0 Å². The molecular formula is C27H25N7O2. The highest BCUT2D eigenvalue weighted by Gasteiger charge is 2.27. The number of benzene rings is 2. The topological polar surface area (TPSA) is 101 Å². The maximum Gasteiger partial charge on any atom is 0.268 e. The second kappa shape index (κ2) is 8.46. The summed E-state index contributed by atoms with van der Waals surface area (Å²) in [4.78, 5) is 33.4. The zero-order valence-electron chi connectivity index (χ0n) is 19.6. The normalized spacial score (nSPS) is 16.1. The second-order valence-corrected chi connectivity index (χ2v) is 9.27. The second-order valence-electron chi connectivity index (χ2n) is 9.27. The summed E-state index contributed by atoms with van der Waals surface area (Å²) >= 11 is 0. The Balaban J connectivity index is 1.45. The summed E-state index contributed by atoms with van der Waals surface area (Å²) in [6.07, 6.45) is 3.95. The van der Waals surface area contributed by atoms with Gasteiger partial charge in [-0.05, 0) is 37.1 Å². The average Bonchev–Trinajstić information content (AvgIpc) is 3.45. The number of hydrogen-bond donors (Lipinski definition) is 2. The summed E-state index contributed by atoms with van der Waals surface area (Å²) < 4.78 is 7.42. The number of amides is 1. The fraction of sp³-hybridized carbons (Fsp3) is 0.259. The third-order valence-corrected chi connectivity index (χ3v) is 6.80. The summed E-state index contributed by atoms with van der Waals surface area (Å²) in [5.74, 6) is 1.46. The van der Waals surface area contributed by atoms with Crippen LogP contribution in [0.5, 0.6) is 0 Å². The monoisotopic (exact) mass is 479 g/mol. The number of morpholine rings is 1. The first kappa shape index (κ1) is 21.1. The maximum absolute atomic E-state index is 13.3. The molecule has 7 rings (SSSR count). The molecule has 180 valence electrons. The first-order valence-electron chi connectivity index (χ1n) is 12.3. The average molecular weight is 480 g/mol. The van der Waals surface area contributed by atoms with E-state index in [4.69, 9.17) is 19.7 Å². The van der Waals surface area contributed by atoms with E-state index in [0.29, 0.717) is 49.7 Å². The number of aromatic amines is 1. The first-order valence-corrected chi connectivity index (χ1v) is 12.3. The Morgan fingerprint density at radius 3 is 2.67 bits per heavy atom. The van der Waals surface area contributed by atoms with E-state index in [2.05, 4.69) is 15.2 Å². The molecule has 1 saturated carbocycles. The van der Waals surface area contributed by atoms with Gasteiger partial charge in [0.2, 0.25) is 11.9 Å². The lowest BCUT2D eigenvalue weighted by molar-refractivity contribution is 0.0944. The SMILES string of the molecule is O=C(NC1CC1)c1cc2ccccc2n1-c1nc(-c2cccc3[nH]ccc23)nc(N2CCOCC2)n1. The molecule has 2 N–H and O–H groups in total. The molecule has 2 aromatic carbocycles. The van der Waals surface area contributed by atoms with Crippen LogP contribution in [0.2, 0.25) is 0 Å². The van der Waals surface area contributed by atoms with Gasteiger partial charge in [-0.1, -0.05) is 30.3 Å². The number of hydrogen-bond acceptors (Lipinski definition) is 6. The number of carbonyl (C=O) groups excluding carboxylic acids is 1. The molecule has 0 spiro atoms. The van der Waals surface area contributed by atoms with E-state index in [9.17, 15) is 4.79 Å². The van der Waals surface area contributed by atoms with E-state index in [1.165, 1.54) is 0 Å². The van der Waals surface area contributed by atoms with Gasteiger partial charge in [-0.3, -0.25) is 9.36 Å². The van der Waals surface area contributed by atoms with Crippen LogP contribution in [-0.2, 0) is 4.74 Å². The lowest BCUT2D eigenvalue weighted by atomic mass is 10.1. The van der Waals surface area contributed by atoms with Gasteiger partial charge in [-0.25, -0.2) is 0 Å².